The van der Waals surface area contributed by atoms with Crippen molar-refractivity contribution in [3.63, 3.8) is 0 Å². The van der Waals surface area contributed by atoms with Crippen LogP contribution in [0.2, 0.25) is 0 Å². The molecule has 0 spiro atoms. The zero-order valence-electron chi connectivity index (χ0n) is 19.6. The van der Waals surface area contributed by atoms with Gasteiger partial charge in [-0.2, -0.15) is 26.3 Å². The predicted octanol–water partition coefficient (Wildman–Crippen LogP) is 9.04. The molecule has 3 rings (SSSR count). The maximum Gasteiger partial charge on any atom is 0.416 e. The highest BCUT2D eigenvalue weighted by atomic mass is 19.4. The highest BCUT2D eigenvalue weighted by molar-refractivity contribution is 5.84. The van der Waals surface area contributed by atoms with Gasteiger partial charge in [-0.25, -0.2) is 4.39 Å². The number of rotatable bonds is 7. The Hall–Kier alpha value is -3.36. The van der Waals surface area contributed by atoms with E-state index in [0.29, 0.717) is 18.1 Å². The number of alkyl halides is 6. The second-order valence-electron chi connectivity index (χ2n) is 8.94. The summed E-state index contributed by atoms with van der Waals surface area (Å²) >= 11 is 0. The lowest BCUT2D eigenvalue weighted by atomic mass is 9.86. The van der Waals surface area contributed by atoms with Gasteiger partial charge in [0.25, 0.3) is 0 Å². The van der Waals surface area contributed by atoms with E-state index in [0.717, 1.165) is 30.3 Å². The van der Waals surface area contributed by atoms with Crippen molar-refractivity contribution in [1.29, 1.82) is 0 Å². The predicted molar refractivity (Wildman–Crippen MR) is 121 cm³/mol. The third kappa shape index (κ3) is 6.86. The summed E-state index contributed by atoms with van der Waals surface area (Å²) < 4.78 is 99.0. The second kappa shape index (κ2) is 10.3. The summed E-state index contributed by atoms with van der Waals surface area (Å²) in [6.07, 6.45) is -9.00. The van der Waals surface area contributed by atoms with Crippen LogP contribution in [-0.2, 0) is 17.1 Å². The third-order valence-corrected chi connectivity index (χ3v) is 5.48. The van der Waals surface area contributed by atoms with Crippen molar-refractivity contribution in [1.82, 2.24) is 0 Å². The van der Waals surface area contributed by atoms with E-state index in [9.17, 15) is 35.5 Å². The molecule has 2 nitrogen and oxygen atoms in total. The molecular formula is C27H23F7O2. The highest BCUT2D eigenvalue weighted by Gasteiger charge is 2.32. The standard InChI is InChI=1S/C27H23F7O2/c1-15(2)7-25(16(3)35)19-8-17(18-9-21(27(32,33)34)13-22(28)10-18)11-24(12-19)36-23-6-4-5-20(14-23)26(29,30)31/h4-6,8-15,25H,7H2,1-3H3. The summed E-state index contributed by atoms with van der Waals surface area (Å²) in [5.41, 5.74) is -1.75. The molecule has 1 atom stereocenters. The summed E-state index contributed by atoms with van der Waals surface area (Å²) in [5, 5.41) is 0. The summed E-state index contributed by atoms with van der Waals surface area (Å²) in [6.45, 7) is 5.15. The lowest BCUT2D eigenvalue weighted by Crippen LogP contribution is -2.12. The van der Waals surface area contributed by atoms with Crippen molar-refractivity contribution >= 4 is 5.78 Å². The largest absolute Gasteiger partial charge is 0.457 e. The molecule has 36 heavy (non-hydrogen) atoms. The Balaban J connectivity index is 2.17. The van der Waals surface area contributed by atoms with Crippen molar-refractivity contribution in [3.05, 3.63) is 83.2 Å². The quantitative estimate of drug-likeness (QED) is 0.295. The summed E-state index contributed by atoms with van der Waals surface area (Å²) in [7, 11) is 0. The van der Waals surface area contributed by atoms with Gasteiger partial charge in [0.15, 0.2) is 0 Å². The monoisotopic (exact) mass is 512 g/mol. The molecule has 0 radical (unpaired) electrons. The summed E-state index contributed by atoms with van der Waals surface area (Å²) in [5.74, 6) is -2.05. The third-order valence-electron chi connectivity index (χ3n) is 5.48. The molecule has 3 aromatic carbocycles. The molecule has 0 amide bonds. The van der Waals surface area contributed by atoms with Gasteiger partial charge >= 0.3 is 12.4 Å². The molecule has 0 aliphatic rings. The van der Waals surface area contributed by atoms with Crippen LogP contribution in [0.1, 0.15) is 49.8 Å². The van der Waals surface area contributed by atoms with Gasteiger partial charge in [0.05, 0.1) is 11.1 Å². The average molecular weight is 512 g/mol. The molecule has 0 saturated heterocycles. The van der Waals surface area contributed by atoms with Gasteiger partial charge in [-0.05, 0) is 84.5 Å². The number of hydrogen-bond acceptors (Lipinski definition) is 2. The molecule has 1 unspecified atom stereocenters. The van der Waals surface area contributed by atoms with Crippen LogP contribution in [0.3, 0.4) is 0 Å². The topological polar surface area (TPSA) is 26.3 Å². The number of halogens is 7. The van der Waals surface area contributed by atoms with E-state index in [-0.39, 0.29) is 34.3 Å². The second-order valence-corrected chi connectivity index (χ2v) is 8.94. The van der Waals surface area contributed by atoms with Crippen LogP contribution in [0.5, 0.6) is 11.5 Å². The molecule has 0 aromatic heterocycles. The van der Waals surface area contributed by atoms with Gasteiger partial charge in [-0.15, -0.1) is 0 Å². The molecule has 0 aliphatic heterocycles. The zero-order valence-corrected chi connectivity index (χ0v) is 19.6. The molecule has 0 aliphatic carbocycles. The van der Waals surface area contributed by atoms with E-state index in [2.05, 4.69) is 0 Å². The van der Waals surface area contributed by atoms with Crippen LogP contribution in [-0.4, -0.2) is 5.78 Å². The molecule has 9 heteroatoms. The summed E-state index contributed by atoms with van der Waals surface area (Å²) in [4.78, 5) is 12.4. The molecule has 0 N–H and O–H groups in total. The first-order valence-electron chi connectivity index (χ1n) is 11.0. The lowest BCUT2D eigenvalue weighted by molar-refractivity contribution is -0.138. The van der Waals surface area contributed by atoms with Gasteiger partial charge in [0.1, 0.15) is 23.1 Å². The van der Waals surface area contributed by atoms with Crippen LogP contribution in [0.15, 0.2) is 60.7 Å². The minimum Gasteiger partial charge on any atom is -0.457 e. The Kier molecular flexibility index (Phi) is 7.81. The number of carbonyl (C=O) groups excluding carboxylic acids is 1. The first kappa shape index (κ1) is 27.2. The molecule has 192 valence electrons. The van der Waals surface area contributed by atoms with Crippen LogP contribution in [0.4, 0.5) is 30.7 Å². The van der Waals surface area contributed by atoms with Crippen LogP contribution in [0, 0.1) is 11.7 Å². The zero-order chi connectivity index (χ0) is 26.8. The van der Waals surface area contributed by atoms with Crippen LogP contribution < -0.4 is 4.74 Å². The van der Waals surface area contributed by atoms with Crippen molar-refractivity contribution in [3.8, 4) is 22.6 Å². The molecule has 0 heterocycles. The maximum absolute atomic E-state index is 14.1. The van der Waals surface area contributed by atoms with Gasteiger partial charge in [0.2, 0.25) is 0 Å². The molecule has 0 bridgehead atoms. The molecule has 0 saturated carbocycles. The smallest absolute Gasteiger partial charge is 0.416 e. The Labute approximate surface area is 203 Å². The highest BCUT2D eigenvalue weighted by Crippen LogP contribution is 2.38. The Morgan fingerprint density at radius 2 is 1.44 bits per heavy atom. The van der Waals surface area contributed by atoms with Crippen LogP contribution in [0.25, 0.3) is 11.1 Å². The van der Waals surface area contributed by atoms with Crippen molar-refractivity contribution < 1.29 is 40.3 Å². The van der Waals surface area contributed by atoms with Crippen LogP contribution >= 0.6 is 0 Å². The van der Waals surface area contributed by atoms with Crippen molar-refractivity contribution in [2.24, 2.45) is 5.92 Å². The van der Waals surface area contributed by atoms with E-state index >= 15 is 0 Å². The number of Topliss-reactive ketones (excluding diaryl/α,β-unsaturated/α-hetero) is 1. The van der Waals surface area contributed by atoms with Gasteiger partial charge in [-0.3, -0.25) is 4.79 Å². The van der Waals surface area contributed by atoms with Gasteiger partial charge in [-0.1, -0.05) is 26.0 Å². The van der Waals surface area contributed by atoms with Crippen molar-refractivity contribution in [2.45, 2.75) is 45.5 Å². The fourth-order valence-corrected chi connectivity index (χ4v) is 3.85. The number of carbonyl (C=O) groups is 1. The molecule has 0 fully saturated rings. The van der Waals surface area contributed by atoms with Gasteiger partial charge < -0.3 is 4.74 Å². The minimum absolute atomic E-state index is 0.00495. The molecular weight excluding hydrogens is 489 g/mol. The van der Waals surface area contributed by atoms with E-state index in [4.69, 9.17) is 4.74 Å². The number of ether oxygens (including phenoxy) is 1. The first-order valence-corrected chi connectivity index (χ1v) is 11.0. The Morgan fingerprint density at radius 1 is 0.806 bits per heavy atom. The maximum atomic E-state index is 14.1. The van der Waals surface area contributed by atoms with E-state index in [1.807, 2.05) is 13.8 Å². The minimum atomic E-state index is -4.80. The Morgan fingerprint density at radius 3 is 2.03 bits per heavy atom. The first-order chi connectivity index (χ1) is 16.6. The lowest BCUT2D eigenvalue weighted by Gasteiger charge is -2.20. The fourth-order valence-electron chi connectivity index (χ4n) is 3.85. The fraction of sp³-hybridized carbons (Fsp3) is 0.296. The normalized spacial score (nSPS) is 13.1. The van der Waals surface area contributed by atoms with Crippen molar-refractivity contribution in [2.75, 3.05) is 0 Å². The number of benzene rings is 3. The van der Waals surface area contributed by atoms with E-state index < -0.39 is 35.2 Å². The molecule has 3 aromatic rings. The summed E-state index contributed by atoms with van der Waals surface area (Å²) in [6, 6.07) is 10.4. The Bertz CT molecular complexity index is 1240. The van der Waals surface area contributed by atoms with E-state index in [1.54, 1.807) is 0 Å². The van der Waals surface area contributed by atoms with E-state index in [1.165, 1.54) is 31.2 Å². The number of ketones is 1. The van der Waals surface area contributed by atoms with Gasteiger partial charge in [0, 0.05) is 5.92 Å². The average Bonchev–Trinajstić information content (AvgIpc) is 2.75. The SMILES string of the molecule is CC(=O)C(CC(C)C)c1cc(Oc2cccc(C(F)(F)F)c2)cc(-c2cc(F)cc(C(F)(F)F)c2)c1. The number of hydrogen-bond donors (Lipinski definition) is 0.